The SMILES string of the molecule is C/C(O)=C/C(=O)Nc1c(C)cccc1C.CP(C)C.[CH2-]c1ccccc1.[Ni]. The molecule has 0 radical (unpaired) electrons. The quantitative estimate of drug-likeness (QED) is 0.204. The third-order valence-corrected chi connectivity index (χ3v) is 2.91. The second-order valence-corrected chi connectivity index (χ2v) is 9.05. The number of carbonyl (C=O) groups is 1. The molecular weight excluding hydrogens is 400 g/mol. The van der Waals surface area contributed by atoms with Gasteiger partial charge >= 0.3 is 0 Å². The number of aliphatic hydroxyl groups is 1. The zero-order valence-corrected chi connectivity index (χ0v) is 18.9. The Kier molecular flexibility index (Phi) is 15.6. The Morgan fingerprint density at radius 3 is 1.78 bits per heavy atom. The molecule has 0 heterocycles. The summed E-state index contributed by atoms with van der Waals surface area (Å²) in [6.07, 6.45) is 1.16. The van der Waals surface area contributed by atoms with E-state index in [-0.39, 0.29) is 28.2 Å². The molecule has 152 valence electrons. The minimum atomic E-state index is -0.313. The Morgan fingerprint density at radius 2 is 1.44 bits per heavy atom. The first-order chi connectivity index (χ1) is 12.1. The van der Waals surface area contributed by atoms with Crippen LogP contribution in [-0.4, -0.2) is 31.0 Å². The Hall–Kier alpha value is -1.76. The summed E-state index contributed by atoms with van der Waals surface area (Å²) in [4.78, 5) is 11.4. The summed E-state index contributed by atoms with van der Waals surface area (Å²) in [5, 5.41) is 11.7. The van der Waals surface area contributed by atoms with E-state index in [0.717, 1.165) is 28.5 Å². The van der Waals surface area contributed by atoms with Gasteiger partial charge in [-0.15, -0.1) is 20.1 Å². The van der Waals surface area contributed by atoms with Gasteiger partial charge in [0.25, 0.3) is 5.91 Å². The standard InChI is InChI=1S/C12H15NO2.C7H7.C3H9P.Ni/c1-8-5-4-6-9(2)12(8)13-11(15)7-10(3)14;1-7-5-3-2-4-6-7;1-4(2)3;/h4-7,14H,1-3H3,(H,13,15);2-6H,1H2;1-3H3;/q;-1;;/b10-7-;;;. The van der Waals surface area contributed by atoms with Gasteiger partial charge in [-0.05, 0) is 51.9 Å². The number of amides is 1. The summed E-state index contributed by atoms with van der Waals surface area (Å²) in [6, 6.07) is 15.7. The predicted octanol–water partition coefficient (Wildman–Crippen LogP) is 5.93. The minimum Gasteiger partial charge on any atom is -0.512 e. The maximum Gasteiger partial charge on any atom is 0.251 e. The molecule has 0 fully saturated rings. The van der Waals surface area contributed by atoms with Gasteiger partial charge in [0.15, 0.2) is 0 Å². The first-order valence-corrected chi connectivity index (χ1v) is 11.0. The van der Waals surface area contributed by atoms with Gasteiger partial charge in [0, 0.05) is 28.3 Å². The molecule has 0 aliphatic carbocycles. The Bertz CT molecular complexity index is 674. The van der Waals surface area contributed by atoms with Gasteiger partial charge in [0.05, 0.1) is 5.76 Å². The smallest absolute Gasteiger partial charge is 0.251 e. The molecule has 2 aromatic rings. The fraction of sp³-hybridized carbons (Fsp3) is 0.273. The van der Waals surface area contributed by atoms with Crippen molar-refractivity contribution < 1.29 is 26.4 Å². The van der Waals surface area contributed by atoms with Crippen molar-refractivity contribution in [2.45, 2.75) is 20.8 Å². The molecule has 0 unspecified atom stereocenters. The van der Waals surface area contributed by atoms with Gasteiger partial charge in [0.1, 0.15) is 0 Å². The molecule has 2 rings (SSSR count). The van der Waals surface area contributed by atoms with Gasteiger partial charge in [-0.3, -0.25) is 4.79 Å². The van der Waals surface area contributed by atoms with Crippen LogP contribution in [0.25, 0.3) is 0 Å². The van der Waals surface area contributed by atoms with E-state index in [1.54, 1.807) is 0 Å². The van der Waals surface area contributed by atoms with E-state index < -0.39 is 0 Å². The van der Waals surface area contributed by atoms with Crippen LogP contribution in [0.15, 0.2) is 60.4 Å². The van der Waals surface area contributed by atoms with Crippen molar-refractivity contribution >= 4 is 19.5 Å². The molecule has 2 N–H and O–H groups in total. The molecule has 0 aliphatic heterocycles. The van der Waals surface area contributed by atoms with Crippen LogP contribution >= 0.6 is 7.92 Å². The third kappa shape index (κ3) is 15.0. The fourth-order valence-electron chi connectivity index (χ4n) is 1.84. The minimum absolute atomic E-state index is 0. The molecule has 0 spiro atoms. The van der Waals surface area contributed by atoms with Crippen LogP contribution in [0.5, 0.6) is 0 Å². The Labute approximate surface area is 176 Å². The Morgan fingerprint density at radius 1 is 1.00 bits per heavy atom. The fourth-order valence-corrected chi connectivity index (χ4v) is 1.84. The van der Waals surface area contributed by atoms with Crippen LogP contribution in [0.4, 0.5) is 5.69 Å². The molecule has 2 aromatic carbocycles. The van der Waals surface area contributed by atoms with Crippen LogP contribution in [0.2, 0.25) is 0 Å². The van der Waals surface area contributed by atoms with E-state index in [1.807, 2.05) is 62.4 Å². The van der Waals surface area contributed by atoms with Crippen molar-refractivity contribution in [2.24, 2.45) is 0 Å². The molecule has 1 amide bonds. The molecule has 0 saturated heterocycles. The average molecular weight is 431 g/mol. The van der Waals surface area contributed by atoms with Crippen LogP contribution in [0, 0.1) is 20.8 Å². The van der Waals surface area contributed by atoms with E-state index in [1.165, 1.54) is 6.92 Å². The summed E-state index contributed by atoms with van der Waals surface area (Å²) in [6.45, 7) is 15.7. The predicted molar refractivity (Wildman–Crippen MR) is 117 cm³/mol. The van der Waals surface area contributed by atoms with Crippen LogP contribution < -0.4 is 5.32 Å². The molecule has 3 nitrogen and oxygen atoms in total. The van der Waals surface area contributed by atoms with Crippen molar-refractivity contribution in [1.29, 1.82) is 0 Å². The topological polar surface area (TPSA) is 49.3 Å². The second kappa shape index (κ2) is 15.3. The van der Waals surface area contributed by atoms with Crippen molar-refractivity contribution in [3.8, 4) is 0 Å². The van der Waals surface area contributed by atoms with E-state index in [4.69, 9.17) is 5.11 Å². The zero-order chi connectivity index (χ0) is 20.1. The number of aryl methyl sites for hydroxylation is 2. The summed E-state index contributed by atoms with van der Waals surface area (Å²) in [7, 11) is 0.380. The van der Waals surface area contributed by atoms with Gasteiger partial charge < -0.3 is 10.4 Å². The van der Waals surface area contributed by atoms with Crippen molar-refractivity contribution in [1.82, 2.24) is 0 Å². The molecule has 0 bridgehead atoms. The van der Waals surface area contributed by atoms with E-state index >= 15 is 0 Å². The number of hydrogen-bond donors (Lipinski definition) is 2. The van der Waals surface area contributed by atoms with Gasteiger partial charge in [-0.1, -0.05) is 24.3 Å². The summed E-state index contributed by atoms with van der Waals surface area (Å²) in [5.74, 6) is -0.314. The number of allylic oxidation sites excluding steroid dienone is 1. The third-order valence-electron chi connectivity index (χ3n) is 2.91. The first-order valence-electron chi connectivity index (χ1n) is 8.35. The monoisotopic (exact) mass is 430 g/mol. The van der Waals surface area contributed by atoms with Gasteiger partial charge in [0.2, 0.25) is 0 Å². The second-order valence-electron chi connectivity index (χ2n) is 6.37. The first kappa shape index (κ1) is 27.5. The molecule has 0 atom stereocenters. The molecule has 0 saturated carbocycles. The summed E-state index contributed by atoms with van der Waals surface area (Å²) >= 11 is 0. The Balaban J connectivity index is 0. The molecule has 27 heavy (non-hydrogen) atoms. The number of rotatable bonds is 2. The molecular formula is C22H31NNiO2P-. The number of nitrogens with one attached hydrogen (secondary N) is 1. The molecule has 5 heteroatoms. The normalized spacial score (nSPS) is 9.81. The van der Waals surface area contributed by atoms with Gasteiger partial charge in [-0.2, -0.15) is 24.6 Å². The number of aliphatic hydroxyl groups excluding tert-OH is 1. The van der Waals surface area contributed by atoms with Crippen LogP contribution in [0.3, 0.4) is 0 Å². The van der Waals surface area contributed by atoms with Crippen LogP contribution in [-0.2, 0) is 21.3 Å². The number of benzene rings is 2. The number of anilines is 1. The van der Waals surface area contributed by atoms with Crippen LogP contribution in [0.1, 0.15) is 23.6 Å². The van der Waals surface area contributed by atoms with Crippen molar-refractivity contribution in [2.75, 3.05) is 25.3 Å². The van der Waals surface area contributed by atoms with E-state index in [2.05, 4.69) is 32.2 Å². The van der Waals surface area contributed by atoms with E-state index in [0.29, 0.717) is 7.92 Å². The zero-order valence-electron chi connectivity index (χ0n) is 17.0. The number of carbonyl (C=O) groups excluding carboxylic acids is 1. The van der Waals surface area contributed by atoms with E-state index in [9.17, 15) is 4.79 Å². The number of hydrogen-bond acceptors (Lipinski definition) is 2. The molecule has 0 aromatic heterocycles. The summed E-state index contributed by atoms with van der Waals surface area (Å²) in [5.41, 5.74) is 3.89. The van der Waals surface area contributed by atoms with Crippen molar-refractivity contribution in [3.05, 3.63) is 84.0 Å². The number of para-hydroxylation sites is 1. The molecule has 0 aliphatic rings. The van der Waals surface area contributed by atoms with Crippen molar-refractivity contribution in [3.63, 3.8) is 0 Å². The largest absolute Gasteiger partial charge is 0.512 e. The maximum atomic E-state index is 11.4. The van der Waals surface area contributed by atoms with Gasteiger partial charge in [-0.25, -0.2) is 0 Å². The maximum absolute atomic E-state index is 11.4. The average Bonchev–Trinajstić information content (AvgIpc) is 2.51. The summed E-state index contributed by atoms with van der Waals surface area (Å²) < 4.78 is 0.